The Morgan fingerprint density at radius 3 is 2.12 bits per heavy atom. The van der Waals surface area contributed by atoms with Crippen LogP contribution < -0.4 is 8.92 Å². The Balaban J connectivity index is 2.26. The summed E-state index contributed by atoms with van der Waals surface area (Å²) in [5.74, 6) is 0.890. The lowest BCUT2D eigenvalue weighted by molar-refractivity contribution is 0.303. The molecule has 138 valence electrons. The summed E-state index contributed by atoms with van der Waals surface area (Å²) in [4.78, 5) is 0. The van der Waals surface area contributed by atoms with Crippen LogP contribution in [0, 0.1) is 0 Å². The highest BCUT2D eigenvalue weighted by atomic mass is 32.2. The van der Waals surface area contributed by atoms with Crippen molar-refractivity contribution < 1.29 is 17.3 Å². The van der Waals surface area contributed by atoms with Crippen LogP contribution in [0.4, 0.5) is 0 Å². The molecule has 0 atom stereocenters. The van der Waals surface area contributed by atoms with Gasteiger partial charge >= 0.3 is 10.3 Å². The molecule has 0 saturated carbocycles. The summed E-state index contributed by atoms with van der Waals surface area (Å²) in [6.07, 6.45) is 10.0. The number of benzene rings is 1. The highest BCUT2D eigenvalue weighted by molar-refractivity contribution is 7.84. The maximum Gasteiger partial charge on any atom is 0.384 e. The maximum absolute atomic E-state index is 11.7. The zero-order chi connectivity index (χ0) is 17.8. The minimum Gasteiger partial charge on any atom is -0.493 e. The van der Waals surface area contributed by atoms with Crippen molar-refractivity contribution in [3.05, 3.63) is 24.3 Å². The van der Waals surface area contributed by atoms with E-state index in [0.717, 1.165) is 17.1 Å². The number of rotatable bonds is 13. The lowest BCUT2D eigenvalue weighted by Gasteiger charge is -2.13. The van der Waals surface area contributed by atoms with Gasteiger partial charge in [-0.15, -0.1) is 0 Å². The molecule has 0 aliphatic heterocycles. The van der Waals surface area contributed by atoms with Crippen LogP contribution in [0.1, 0.15) is 58.3 Å². The van der Waals surface area contributed by atoms with E-state index in [4.69, 9.17) is 8.92 Å². The number of nitrogens with zero attached hydrogens (tertiary/aromatic N) is 1. The molecule has 24 heavy (non-hydrogen) atoms. The van der Waals surface area contributed by atoms with Crippen molar-refractivity contribution in [2.45, 2.75) is 58.3 Å². The zero-order valence-electron chi connectivity index (χ0n) is 15.2. The molecule has 0 heterocycles. The topological polar surface area (TPSA) is 55.8 Å². The molecule has 6 heteroatoms. The lowest BCUT2D eigenvalue weighted by atomic mass is 10.1. The van der Waals surface area contributed by atoms with Gasteiger partial charge in [-0.25, -0.2) is 0 Å². The molecule has 1 aromatic rings. The van der Waals surface area contributed by atoms with Gasteiger partial charge in [0.1, 0.15) is 11.5 Å². The van der Waals surface area contributed by atoms with Crippen molar-refractivity contribution in [2.24, 2.45) is 0 Å². The number of ether oxygens (including phenoxy) is 1. The van der Waals surface area contributed by atoms with Gasteiger partial charge in [-0.2, -0.15) is 12.7 Å². The van der Waals surface area contributed by atoms with Gasteiger partial charge < -0.3 is 8.92 Å². The SMILES string of the molecule is CCCCCCCCCCOc1cccc(OS(=O)(=O)N(C)C)c1. The van der Waals surface area contributed by atoms with E-state index >= 15 is 0 Å². The summed E-state index contributed by atoms with van der Waals surface area (Å²) >= 11 is 0. The summed E-state index contributed by atoms with van der Waals surface area (Å²) < 4.78 is 35.1. The van der Waals surface area contributed by atoms with Crippen LogP contribution in [0.5, 0.6) is 11.5 Å². The Hall–Kier alpha value is -1.27. The maximum atomic E-state index is 11.7. The molecule has 0 radical (unpaired) electrons. The third-order valence-corrected chi connectivity index (χ3v) is 5.02. The van der Waals surface area contributed by atoms with Crippen molar-refractivity contribution in [1.29, 1.82) is 0 Å². The largest absolute Gasteiger partial charge is 0.493 e. The first kappa shape index (κ1) is 20.8. The van der Waals surface area contributed by atoms with E-state index in [9.17, 15) is 8.42 Å². The van der Waals surface area contributed by atoms with Gasteiger partial charge in [-0.05, 0) is 18.6 Å². The van der Waals surface area contributed by atoms with Gasteiger partial charge in [0.15, 0.2) is 0 Å². The predicted molar refractivity (Wildman–Crippen MR) is 97.8 cm³/mol. The third kappa shape index (κ3) is 8.55. The minimum atomic E-state index is -3.73. The first-order valence-corrected chi connectivity index (χ1v) is 10.2. The van der Waals surface area contributed by atoms with E-state index in [1.807, 2.05) is 0 Å². The van der Waals surface area contributed by atoms with Crippen molar-refractivity contribution >= 4 is 10.3 Å². The Morgan fingerprint density at radius 2 is 1.50 bits per heavy atom. The lowest BCUT2D eigenvalue weighted by Crippen LogP contribution is -2.27. The molecule has 0 aliphatic rings. The van der Waals surface area contributed by atoms with E-state index in [1.165, 1.54) is 52.6 Å². The van der Waals surface area contributed by atoms with E-state index in [-0.39, 0.29) is 5.75 Å². The Morgan fingerprint density at radius 1 is 0.917 bits per heavy atom. The molecule has 0 unspecified atom stereocenters. The summed E-state index contributed by atoms with van der Waals surface area (Å²) in [7, 11) is -0.875. The molecule has 1 aromatic carbocycles. The molecule has 0 bridgehead atoms. The van der Waals surface area contributed by atoms with E-state index in [1.54, 1.807) is 24.3 Å². The number of unbranched alkanes of at least 4 members (excludes halogenated alkanes) is 7. The van der Waals surface area contributed by atoms with Crippen LogP contribution in [0.2, 0.25) is 0 Å². The van der Waals surface area contributed by atoms with Crippen LogP contribution in [-0.4, -0.2) is 33.4 Å². The van der Waals surface area contributed by atoms with E-state index < -0.39 is 10.3 Å². The van der Waals surface area contributed by atoms with Crippen molar-refractivity contribution in [1.82, 2.24) is 4.31 Å². The van der Waals surface area contributed by atoms with Gasteiger partial charge in [0, 0.05) is 20.2 Å². The van der Waals surface area contributed by atoms with Crippen LogP contribution in [0.3, 0.4) is 0 Å². The molecular formula is C18H31NO4S. The van der Waals surface area contributed by atoms with Crippen LogP contribution in [0.15, 0.2) is 24.3 Å². The summed E-state index contributed by atoms with van der Waals surface area (Å²) in [5, 5.41) is 0. The Labute approximate surface area is 147 Å². The second-order valence-corrected chi connectivity index (χ2v) is 7.87. The smallest absolute Gasteiger partial charge is 0.384 e. The number of hydrogen-bond acceptors (Lipinski definition) is 4. The molecule has 5 nitrogen and oxygen atoms in total. The highest BCUT2D eigenvalue weighted by Gasteiger charge is 2.15. The summed E-state index contributed by atoms with van der Waals surface area (Å²) in [6.45, 7) is 2.87. The molecular weight excluding hydrogens is 326 g/mol. The standard InChI is InChI=1S/C18H31NO4S/c1-4-5-6-7-8-9-10-11-15-22-17-13-12-14-18(16-17)23-24(20,21)19(2)3/h12-14,16H,4-11,15H2,1-3H3. The normalized spacial score (nSPS) is 11.7. The quantitative estimate of drug-likeness (QED) is 0.491. The Kier molecular flexibility index (Phi) is 9.79. The van der Waals surface area contributed by atoms with E-state index in [0.29, 0.717) is 12.4 Å². The minimum absolute atomic E-state index is 0.261. The molecule has 0 amide bonds. The first-order valence-electron chi connectivity index (χ1n) is 8.80. The molecule has 1 rings (SSSR count). The van der Waals surface area contributed by atoms with Gasteiger partial charge in [0.2, 0.25) is 0 Å². The number of hydrogen-bond donors (Lipinski definition) is 0. The van der Waals surface area contributed by atoms with Gasteiger partial charge in [-0.3, -0.25) is 0 Å². The van der Waals surface area contributed by atoms with Crippen molar-refractivity contribution in [2.75, 3.05) is 20.7 Å². The molecule has 0 saturated heterocycles. The monoisotopic (exact) mass is 357 g/mol. The predicted octanol–water partition coefficient (Wildman–Crippen LogP) is 4.39. The van der Waals surface area contributed by atoms with Gasteiger partial charge in [-0.1, -0.05) is 57.9 Å². The van der Waals surface area contributed by atoms with Gasteiger partial charge in [0.25, 0.3) is 0 Å². The fourth-order valence-electron chi connectivity index (χ4n) is 2.24. The summed E-state index contributed by atoms with van der Waals surface area (Å²) in [6, 6.07) is 6.74. The molecule has 0 fully saturated rings. The molecule has 0 aromatic heterocycles. The molecule has 0 spiro atoms. The molecule has 0 N–H and O–H groups in total. The van der Waals surface area contributed by atoms with Crippen molar-refractivity contribution in [3.8, 4) is 11.5 Å². The van der Waals surface area contributed by atoms with Crippen LogP contribution >= 0.6 is 0 Å². The first-order chi connectivity index (χ1) is 11.5. The summed E-state index contributed by atoms with van der Waals surface area (Å²) in [5.41, 5.74) is 0. The molecule has 0 aliphatic carbocycles. The third-order valence-electron chi connectivity index (χ3n) is 3.72. The Bertz CT molecular complexity index is 558. The van der Waals surface area contributed by atoms with E-state index in [2.05, 4.69) is 6.92 Å². The highest BCUT2D eigenvalue weighted by Crippen LogP contribution is 2.21. The second-order valence-electron chi connectivity index (χ2n) is 6.12. The van der Waals surface area contributed by atoms with Crippen LogP contribution in [0.25, 0.3) is 0 Å². The fourth-order valence-corrected chi connectivity index (χ4v) is 2.73. The van der Waals surface area contributed by atoms with Crippen LogP contribution in [-0.2, 0) is 10.3 Å². The average Bonchev–Trinajstić information content (AvgIpc) is 2.53. The second kappa shape index (κ2) is 11.3. The van der Waals surface area contributed by atoms with Crippen molar-refractivity contribution in [3.63, 3.8) is 0 Å². The fraction of sp³-hybridized carbons (Fsp3) is 0.667. The van der Waals surface area contributed by atoms with Gasteiger partial charge in [0.05, 0.1) is 6.61 Å². The zero-order valence-corrected chi connectivity index (χ0v) is 16.0. The average molecular weight is 358 g/mol.